The van der Waals surface area contributed by atoms with Crippen LogP contribution < -0.4 is 11.1 Å². The summed E-state index contributed by atoms with van der Waals surface area (Å²) < 4.78 is 0. The van der Waals surface area contributed by atoms with Crippen LogP contribution in [0, 0.1) is 11.8 Å². The van der Waals surface area contributed by atoms with Gasteiger partial charge in [0.05, 0.1) is 0 Å². The molecular formula is C20H27N3O2. The van der Waals surface area contributed by atoms with Gasteiger partial charge in [-0.05, 0) is 62.4 Å². The van der Waals surface area contributed by atoms with Crippen LogP contribution in [0.25, 0.3) is 0 Å². The van der Waals surface area contributed by atoms with Gasteiger partial charge in [-0.15, -0.1) is 0 Å². The van der Waals surface area contributed by atoms with Gasteiger partial charge in [-0.2, -0.15) is 0 Å². The van der Waals surface area contributed by atoms with E-state index < -0.39 is 0 Å². The van der Waals surface area contributed by atoms with E-state index in [-0.39, 0.29) is 17.7 Å². The van der Waals surface area contributed by atoms with Crippen molar-refractivity contribution in [2.45, 2.75) is 38.6 Å². The van der Waals surface area contributed by atoms with Crippen LogP contribution in [0.3, 0.4) is 0 Å². The highest BCUT2D eigenvalue weighted by molar-refractivity contribution is 5.91. The van der Waals surface area contributed by atoms with Crippen LogP contribution in [0.1, 0.15) is 37.7 Å². The van der Waals surface area contributed by atoms with E-state index in [1.807, 2.05) is 18.2 Å². The van der Waals surface area contributed by atoms with Gasteiger partial charge in [-0.1, -0.05) is 24.3 Å². The van der Waals surface area contributed by atoms with Gasteiger partial charge < -0.3 is 11.1 Å². The summed E-state index contributed by atoms with van der Waals surface area (Å²) >= 11 is 0. The highest BCUT2D eigenvalue weighted by atomic mass is 16.2. The number of amides is 2. The highest BCUT2D eigenvalue weighted by Gasteiger charge is 2.23. The Bertz CT molecular complexity index is 648. The summed E-state index contributed by atoms with van der Waals surface area (Å²) in [6, 6.07) is 8.04. The number of anilines is 1. The summed E-state index contributed by atoms with van der Waals surface area (Å²) in [5.41, 5.74) is 7.42. The number of nitrogens with one attached hydrogen (secondary N) is 1. The number of rotatable bonds is 6. The molecule has 134 valence electrons. The maximum Gasteiger partial charge on any atom is 0.224 e. The maximum atomic E-state index is 12.2. The molecule has 1 aliphatic carbocycles. The lowest BCUT2D eigenvalue weighted by Gasteiger charge is -2.30. The zero-order chi connectivity index (χ0) is 17.6. The number of hydrogen-bond donors (Lipinski definition) is 2. The molecule has 1 aromatic carbocycles. The zero-order valence-corrected chi connectivity index (χ0v) is 14.6. The first-order chi connectivity index (χ1) is 12.1. The third kappa shape index (κ3) is 5.16. The molecule has 0 bridgehead atoms. The lowest BCUT2D eigenvalue weighted by Crippen LogP contribution is -2.38. The summed E-state index contributed by atoms with van der Waals surface area (Å²) in [4.78, 5) is 25.8. The molecule has 1 heterocycles. The fraction of sp³-hybridized carbons (Fsp3) is 0.500. The molecule has 25 heavy (non-hydrogen) atoms. The summed E-state index contributed by atoms with van der Waals surface area (Å²) in [7, 11) is 0. The van der Waals surface area contributed by atoms with Crippen LogP contribution in [-0.2, 0) is 16.1 Å². The highest BCUT2D eigenvalue weighted by Crippen LogP contribution is 2.22. The van der Waals surface area contributed by atoms with Gasteiger partial charge in [-0.3, -0.25) is 14.5 Å². The molecule has 5 heteroatoms. The molecular weight excluding hydrogens is 314 g/mol. The first-order valence-corrected chi connectivity index (χ1v) is 9.17. The van der Waals surface area contributed by atoms with Crippen LogP contribution in [0.2, 0.25) is 0 Å². The number of nitrogens with zero attached hydrogens (tertiary/aromatic N) is 1. The van der Waals surface area contributed by atoms with E-state index in [0.29, 0.717) is 12.3 Å². The normalized spacial score (nSPS) is 21.4. The minimum absolute atomic E-state index is 0.0199. The van der Waals surface area contributed by atoms with Crippen molar-refractivity contribution in [1.82, 2.24) is 4.90 Å². The molecule has 0 aromatic heterocycles. The van der Waals surface area contributed by atoms with Crippen molar-refractivity contribution in [2.24, 2.45) is 17.6 Å². The summed E-state index contributed by atoms with van der Waals surface area (Å²) in [6.07, 6.45) is 8.68. The van der Waals surface area contributed by atoms with Crippen molar-refractivity contribution in [2.75, 3.05) is 18.4 Å². The fourth-order valence-electron chi connectivity index (χ4n) is 3.70. The molecule has 0 saturated carbocycles. The van der Waals surface area contributed by atoms with Crippen molar-refractivity contribution in [3.8, 4) is 0 Å². The predicted molar refractivity (Wildman–Crippen MR) is 98.7 cm³/mol. The van der Waals surface area contributed by atoms with Gasteiger partial charge in [0.2, 0.25) is 11.8 Å². The van der Waals surface area contributed by atoms with E-state index in [1.165, 1.54) is 5.56 Å². The SMILES string of the molecule is NC(=O)C1CCN(Cc2cccc(NC(=O)C[C@@H]3C=CCC3)c2)CC1. The summed E-state index contributed by atoms with van der Waals surface area (Å²) in [5.74, 6) is 0.304. The van der Waals surface area contributed by atoms with E-state index in [9.17, 15) is 9.59 Å². The van der Waals surface area contributed by atoms with Crippen LogP contribution in [0.5, 0.6) is 0 Å². The summed E-state index contributed by atoms with van der Waals surface area (Å²) in [6.45, 7) is 2.61. The van der Waals surface area contributed by atoms with Crippen LogP contribution >= 0.6 is 0 Å². The Balaban J connectivity index is 1.50. The predicted octanol–water partition coefficient (Wildman–Crippen LogP) is 2.68. The molecule has 1 aliphatic heterocycles. The average molecular weight is 341 g/mol. The molecule has 0 unspecified atom stereocenters. The van der Waals surface area contributed by atoms with Gasteiger partial charge >= 0.3 is 0 Å². The number of piperidine rings is 1. The van der Waals surface area contributed by atoms with Crippen LogP contribution in [0.4, 0.5) is 5.69 Å². The van der Waals surface area contributed by atoms with Crippen LogP contribution in [-0.4, -0.2) is 29.8 Å². The van der Waals surface area contributed by atoms with Gasteiger partial charge in [0.1, 0.15) is 0 Å². The molecule has 3 rings (SSSR count). The zero-order valence-electron chi connectivity index (χ0n) is 14.6. The molecule has 5 nitrogen and oxygen atoms in total. The van der Waals surface area contributed by atoms with Crippen molar-refractivity contribution >= 4 is 17.5 Å². The van der Waals surface area contributed by atoms with Crippen molar-refractivity contribution in [3.63, 3.8) is 0 Å². The van der Waals surface area contributed by atoms with Gasteiger partial charge in [0.25, 0.3) is 0 Å². The second-order valence-corrected chi connectivity index (χ2v) is 7.17. The number of carbonyl (C=O) groups excluding carboxylic acids is 2. The van der Waals surface area contributed by atoms with Crippen LogP contribution in [0.15, 0.2) is 36.4 Å². The molecule has 1 saturated heterocycles. The largest absolute Gasteiger partial charge is 0.369 e. The number of carbonyl (C=O) groups is 2. The van der Waals surface area contributed by atoms with E-state index in [2.05, 4.69) is 28.4 Å². The molecule has 1 atom stereocenters. The maximum absolute atomic E-state index is 12.2. The number of benzene rings is 1. The van der Waals surface area contributed by atoms with E-state index >= 15 is 0 Å². The Hall–Kier alpha value is -2.14. The smallest absolute Gasteiger partial charge is 0.224 e. The summed E-state index contributed by atoms with van der Waals surface area (Å²) in [5, 5.41) is 3.02. The Morgan fingerprint density at radius 1 is 1.20 bits per heavy atom. The second-order valence-electron chi connectivity index (χ2n) is 7.17. The number of nitrogens with two attached hydrogens (primary N) is 1. The second kappa shape index (κ2) is 8.30. The van der Waals surface area contributed by atoms with Gasteiger partial charge in [0, 0.05) is 24.6 Å². The van der Waals surface area contributed by atoms with E-state index in [0.717, 1.165) is 51.0 Å². The first kappa shape index (κ1) is 17.7. The molecule has 3 N–H and O–H groups in total. The number of primary amides is 1. The topological polar surface area (TPSA) is 75.4 Å². The Morgan fingerprint density at radius 2 is 2.00 bits per heavy atom. The lowest BCUT2D eigenvalue weighted by molar-refractivity contribution is -0.123. The Kier molecular flexibility index (Phi) is 5.87. The number of likely N-dealkylation sites (tertiary alicyclic amines) is 1. The van der Waals surface area contributed by atoms with Crippen molar-refractivity contribution in [1.29, 1.82) is 0 Å². The van der Waals surface area contributed by atoms with E-state index in [1.54, 1.807) is 0 Å². The minimum Gasteiger partial charge on any atom is -0.369 e. The fourth-order valence-corrected chi connectivity index (χ4v) is 3.70. The van der Waals surface area contributed by atoms with Gasteiger partial charge in [-0.25, -0.2) is 0 Å². The third-order valence-electron chi connectivity index (χ3n) is 5.17. The standard InChI is InChI=1S/C20H27N3O2/c21-20(25)17-8-10-23(11-9-17)14-16-6-3-7-18(12-16)22-19(24)13-15-4-1-2-5-15/h1,3-4,6-7,12,15,17H,2,5,8-11,13-14H2,(H2,21,25)(H,22,24)/t15-/m1/s1. The molecule has 1 fully saturated rings. The number of hydrogen-bond acceptors (Lipinski definition) is 3. The monoisotopic (exact) mass is 341 g/mol. The quantitative estimate of drug-likeness (QED) is 0.781. The van der Waals surface area contributed by atoms with Crippen molar-refractivity contribution < 1.29 is 9.59 Å². The Labute approximate surface area is 149 Å². The van der Waals surface area contributed by atoms with Crippen molar-refractivity contribution in [3.05, 3.63) is 42.0 Å². The minimum atomic E-state index is -0.179. The van der Waals surface area contributed by atoms with Gasteiger partial charge in [0.15, 0.2) is 0 Å². The molecule has 0 spiro atoms. The first-order valence-electron chi connectivity index (χ1n) is 9.17. The lowest BCUT2D eigenvalue weighted by atomic mass is 9.96. The number of allylic oxidation sites excluding steroid dienone is 2. The molecule has 1 aromatic rings. The molecule has 2 aliphatic rings. The average Bonchev–Trinajstić information content (AvgIpc) is 3.08. The molecule has 2 amide bonds. The van der Waals surface area contributed by atoms with E-state index in [4.69, 9.17) is 5.73 Å². The molecule has 0 radical (unpaired) electrons. The third-order valence-corrected chi connectivity index (χ3v) is 5.17. The Morgan fingerprint density at radius 3 is 2.68 bits per heavy atom.